The van der Waals surface area contributed by atoms with E-state index in [1.807, 2.05) is 104 Å². The molecule has 580 valence electrons. The Balaban J connectivity index is 0.000000105. The molecule has 0 bridgehead atoms. The predicted octanol–water partition coefficient (Wildman–Crippen LogP) is 18.4. The van der Waals surface area contributed by atoms with Crippen molar-refractivity contribution in [2.24, 2.45) is 11.7 Å². The second-order valence-corrected chi connectivity index (χ2v) is 32.8. The van der Waals surface area contributed by atoms with Gasteiger partial charge in [0.25, 0.3) is 0 Å². The van der Waals surface area contributed by atoms with Gasteiger partial charge in [0.2, 0.25) is 11.8 Å². The third kappa shape index (κ3) is 15.8. The van der Waals surface area contributed by atoms with E-state index in [1.165, 1.54) is 68.0 Å². The summed E-state index contributed by atoms with van der Waals surface area (Å²) in [4.78, 5) is 43.2. The molecule has 20 rings (SSSR count). The lowest BCUT2D eigenvalue weighted by atomic mass is 9.80. The third-order valence-corrected chi connectivity index (χ3v) is 26.0. The molecule has 0 radical (unpaired) electrons. The predicted molar refractivity (Wildman–Crippen MR) is 411 cm³/mol. The summed E-state index contributed by atoms with van der Waals surface area (Å²) in [5, 5.41) is 19.2. The summed E-state index contributed by atoms with van der Waals surface area (Å²) in [6.07, 6.45) is 50.9. The van der Waals surface area contributed by atoms with E-state index in [1.54, 1.807) is 25.7 Å². The number of alkyl halides is 4. The van der Waals surface area contributed by atoms with Crippen molar-refractivity contribution in [2.75, 3.05) is 7.11 Å². The minimum absolute atomic E-state index is 0.0638. The molecular formula is C86H103F5N16O3. The maximum atomic E-state index is 15.0. The summed E-state index contributed by atoms with van der Waals surface area (Å²) < 4.78 is 89.1. The zero-order chi connectivity index (χ0) is 75.6. The first-order chi connectivity index (χ1) is 53.5. The molecule has 19 nitrogen and oxygen atoms in total. The van der Waals surface area contributed by atoms with Crippen molar-refractivity contribution in [1.29, 1.82) is 0 Å². The van der Waals surface area contributed by atoms with Gasteiger partial charge < -0.3 is 43.5 Å². The Morgan fingerprint density at radius 3 is 1.23 bits per heavy atom. The van der Waals surface area contributed by atoms with Crippen molar-refractivity contribution in [1.82, 2.24) is 72.7 Å². The molecule has 0 saturated heterocycles. The standard InChI is InChI=1S/C18H22FN3O2.C17H19F2N3O.2C17H20FN3.C17H22N4/c1-24-17-8-13-14(9-21-17)16-10-20-11-22(16)15(13)4-7-18(19)5-2-12(23)3-6-18;18-15-2-1-12-14-9-20-10-22(14)13(16(12)21-15)5-8-17(19)6-3-11(23)4-7-17;2*18-17(7-2-1-3-8-17)9-6-14-16-13(5-4-10-20-16)15-11-19-12-21(14)15;18-14(12-5-2-1-3-6-12)9-15-17-13(7-4-8-20-17)16-10-19-11-21(15)16/h8-12,15,23H,2-7H2,1H3;1-2,9-11,13,23H,3-8H2;2*4-5,10-12,14H,1-3,6-9H2;4,7-8,10-12,14-15H,1-3,5-6,9,18H2. The Hall–Kier alpha value is -8.87. The van der Waals surface area contributed by atoms with Crippen LogP contribution < -0.4 is 10.5 Å². The van der Waals surface area contributed by atoms with Gasteiger partial charge in [-0.15, -0.1) is 0 Å². The summed E-state index contributed by atoms with van der Waals surface area (Å²) in [5.74, 6) is 0.745. The van der Waals surface area contributed by atoms with Gasteiger partial charge in [-0.25, -0.2) is 52.4 Å². The number of aliphatic hydroxyl groups is 2. The lowest BCUT2D eigenvalue weighted by Crippen LogP contribution is -2.34. The molecule has 110 heavy (non-hydrogen) atoms. The molecule has 5 fully saturated rings. The Labute approximate surface area is 640 Å². The second kappa shape index (κ2) is 32.5. The van der Waals surface area contributed by atoms with E-state index in [2.05, 4.69) is 86.3 Å². The molecule has 5 aliphatic carbocycles. The summed E-state index contributed by atoms with van der Waals surface area (Å²) in [6, 6.07) is 17.9. The monoisotopic (exact) mass is 1500 g/mol. The van der Waals surface area contributed by atoms with E-state index >= 15 is 4.39 Å². The van der Waals surface area contributed by atoms with E-state index in [-0.39, 0.29) is 48.5 Å². The molecule has 24 heteroatoms. The van der Waals surface area contributed by atoms with Crippen LogP contribution in [0.1, 0.15) is 264 Å². The molecule has 6 atom stereocenters. The lowest BCUT2D eigenvalue weighted by molar-refractivity contribution is 0.0252. The molecule has 6 unspecified atom stereocenters. The highest BCUT2D eigenvalue weighted by atomic mass is 19.2. The van der Waals surface area contributed by atoms with E-state index < -0.39 is 28.6 Å². The molecule has 15 heterocycles. The van der Waals surface area contributed by atoms with Gasteiger partial charge >= 0.3 is 0 Å². The summed E-state index contributed by atoms with van der Waals surface area (Å²) in [7, 11) is 1.60. The number of halogens is 5. The number of pyridine rings is 5. The maximum Gasteiger partial charge on any atom is 0.213 e. The van der Waals surface area contributed by atoms with Crippen molar-refractivity contribution in [3.63, 3.8) is 0 Å². The molecule has 5 aliphatic heterocycles. The maximum absolute atomic E-state index is 15.0. The third-order valence-electron chi connectivity index (χ3n) is 26.0. The normalized spacial score (nSPS) is 25.4. The fourth-order valence-corrected chi connectivity index (χ4v) is 19.7. The van der Waals surface area contributed by atoms with Crippen molar-refractivity contribution in [3.8, 4) is 62.2 Å². The molecular weight excluding hydrogens is 1400 g/mol. The number of fused-ring (bicyclic) bond motifs is 15. The van der Waals surface area contributed by atoms with Crippen LogP contribution in [0.2, 0.25) is 0 Å². The van der Waals surface area contributed by atoms with Crippen LogP contribution in [0.5, 0.6) is 5.88 Å². The van der Waals surface area contributed by atoms with Gasteiger partial charge in [-0.05, 0) is 208 Å². The van der Waals surface area contributed by atoms with Crippen molar-refractivity contribution in [2.45, 2.75) is 277 Å². The van der Waals surface area contributed by atoms with E-state index in [0.717, 1.165) is 133 Å². The molecule has 4 N–H and O–H groups in total. The number of hydrogen-bond donors (Lipinski definition) is 3. The fourth-order valence-electron chi connectivity index (χ4n) is 19.7. The second-order valence-electron chi connectivity index (χ2n) is 32.8. The SMILES string of the molecule is COc1cc2c(cn1)-c1cncn1C2CCC1(F)CCC(O)CC1.FC1(CCC2c3ncccc3-c3cncn32)CCCCC1.FC1(CCC2c3ncccc3-c3cncn32)CCCCC1.NC(CC1c2ncccc2-c2cncn21)C1CCCCC1.OC1CCC(F)(CCC2c3nc(F)ccc3-c3cncn32)CC1. The van der Waals surface area contributed by atoms with Crippen molar-refractivity contribution < 1.29 is 36.9 Å². The Morgan fingerprint density at radius 2 is 0.791 bits per heavy atom. The van der Waals surface area contributed by atoms with Gasteiger partial charge in [0, 0.05) is 64.7 Å². The summed E-state index contributed by atoms with van der Waals surface area (Å²) >= 11 is 0. The van der Waals surface area contributed by atoms with Crippen LogP contribution in [0.25, 0.3) is 56.3 Å². The van der Waals surface area contributed by atoms with Crippen LogP contribution >= 0.6 is 0 Å². The number of ether oxygens (including phenoxy) is 1. The summed E-state index contributed by atoms with van der Waals surface area (Å²) in [5.41, 5.74) is 18.1. The molecule has 0 spiro atoms. The van der Waals surface area contributed by atoms with Crippen molar-refractivity contribution >= 4 is 0 Å². The van der Waals surface area contributed by atoms with Crippen LogP contribution in [0.4, 0.5) is 22.0 Å². The molecule has 10 aromatic heterocycles. The summed E-state index contributed by atoms with van der Waals surface area (Å²) in [6.45, 7) is 0. The number of methoxy groups -OCH3 is 1. The van der Waals surface area contributed by atoms with Crippen LogP contribution in [-0.2, 0) is 0 Å². The van der Waals surface area contributed by atoms with E-state index in [0.29, 0.717) is 107 Å². The number of aliphatic hydroxyl groups excluding tert-OH is 2. The topological polar surface area (TPSA) is 229 Å². The zero-order valence-electron chi connectivity index (χ0n) is 63.1. The molecule has 10 aromatic rings. The molecule has 0 aromatic carbocycles. The number of aromatic nitrogens is 15. The van der Waals surface area contributed by atoms with Crippen LogP contribution in [0.15, 0.2) is 142 Å². The van der Waals surface area contributed by atoms with Gasteiger partial charge in [-0.1, -0.05) is 57.8 Å². The highest BCUT2D eigenvalue weighted by Gasteiger charge is 2.43. The van der Waals surface area contributed by atoms with Gasteiger partial charge in [-0.3, -0.25) is 15.0 Å². The van der Waals surface area contributed by atoms with Gasteiger partial charge in [0.05, 0.1) is 163 Å². The number of nitrogens with two attached hydrogens (primary N) is 1. The molecule has 10 aliphatic rings. The smallest absolute Gasteiger partial charge is 0.213 e. The number of hydrogen-bond acceptors (Lipinski definition) is 14. The highest BCUT2D eigenvalue weighted by molar-refractivity contribution is 5.71. The average molecular weight is 1500 g/mol. The lowest BCUT2D eigenvalue weighted by Gasteiger charge is -2.33. The first-order valence-electron chi connectivity index (χ1n) is 40.6. The fraction of sp³-hybridized carbons (Fsp3) is 0.535. The first kappa shape index (κ1) is 75.2. The number of imidazole rings is 5. The minimum atomic E-state index is -1.24. The average Bonchev–Trinajstić information content (AvgIpc) is 1.63. The highest BCUT2D eigenvalue weighted by Crippen LogP contribution is 2.50. The van der Waals surface area contributed by atoms with E-state index in [4.69, 9.17) is 10.5 Å². The van der Waals surface area contributed by atoms with Crippen LogP contribution in [0, 0.1) is 11.9 Å². The van der Waals surface area contributed by atoms with Gasteiger partial charge in [0.15, 0.2) is 0 Å². The zero-order valence-corrected chi connectivity index (χ0v) is 63.1. The number of rotatable bonds is 16. The molecule has 5 saturated carbocycles. The first-order valence-corrected chi connectivity index (χ1v) is 40.6. The number of nitrogens with zero attached hydrogens (tertiary/aromatic N) is 15. The van der Waals surface area contributed by atoms with Crippen LogP contribution in [0.3, 0.4) is 0 Å². The van der Waals surface area contributed by atoms with Gasteiger partial charge in [-0.2, -0.15) is 4.39 Å². The Morgan fingerprint density at radius 1 is 0.427 bits per heavy atom. The Bertz CT molecular complexity index is 4630. The van der Waals surface area contributed by atoms with E-state index in [9.17, 15) is 27.8 Å². The largest absolute Gasteiger partial charge is 0.481 e. The van der Waals surface area contributed by atoms with Crippen molar-refractivity contribution in [3.05, 3.63) is 176 Å². The van der Waals surface area contributed by atoms with Gasteiger partial charge in [0.1, 0.15) is 22.7 Å². The minimum Gasteiger partial charge on any atom is -0.481 e. The van der Waals surface area contributed by atoms with Crippen LogP contribution in [-0.4, -0.2) is 131 Å². The quantitative estimate of drug-likeness (QED) is 0.0604. The Kier molecular flexibility index (Phi) is 22.2. The molecule has 0 amide bonds.